The van der Waals surface area contributed by atoms with Gasteiger partial charge in [0.1, 0.15) is 0 Å². The zero-order valence-corrected chi connectivity index (χ0v) is 45.7. The lowest BCUT2D eigenvalue weighted by Crippen LogP contribution is -1.95. The first-order valence-corrected chi connectivity index (χ1v) is 21.4. The molecule has 410 valence electrons. The average Bonchev–Trinajstić information content (AvgIpc) is 3.18. The van der Waals surface area contributed by atoms with E-state index >= 15 is 0 Å². The Hall–Kier alpha value is -5.87. The highest BCUT2D eigenvalue weighted by Crippen LogP contribution is 1.75. The summed E-state index contributed by atoms with van der Waals surface area (Å²) < 4.78 is 48.4. The van der Waals surface area contributed by atoms with Crippen molar-refractivity contribution in [2.75, 3.05) is 79.8 Å². The van der Waals surface area contributed by atoms with Gasteiger partial charge in [0, 0.05) is 83.3 Å². The van der Waals surface area contributed by atoms with Crippen LogP contribution in [0, 0.1) is 0 Å². The first-order chi connectivity index (χ1) is 31.5. The van der Waals surface area contributed by atoms with E-state index in [1.54, 1.807) is 76.2 Å². The van der Waals surface area contributed by atoms with Crippen molar-refractivity contribution in [3.63, 3.8) is 0 Å². The van der Waals surface area contributed by atoms with Gasteiger partial charge in [0.25, 0.3) is 0 Å². The third kappa shape index (κ3) is 286. The van der Waals surface area contributed by atoms with E-state index in [0.717, 1.165) is 7.11 Å². The maximum atomic E-state index is 9.82. The molecule has 0 rings (SSSR count). The molecule has 23 nitrogen and oxygen atoms in total. The van der Waals surface area contributed by atoms with Crippen molar-refractivity contribution in [2.45, 2.75) is 152 Å². The standard InChI is InChI=1S/11C4H8O2.CH4O/c11*1-3-6-4(2)5;1-2/h11*3H2,1-2H3;2H,1H3. The monoisotopic (exact) mass is 1000 g/mol. The van der Waals surface area contributed by atoms with Gasteiger partial charge in [0.2, 0.25) is 0 Å². The molecule has 1 N–H and O–H groups in total. The van der Waals surface area contributed by atoms with Gasteiger partial charge in [-0.2, -0.15) is 0 Å². The molecule has 0 aliphatic rings. The molecule has 0 aliphatic carbocycles. The van der Waals surface area contributed by atoms with Crippen LogP contribution < -0.4 is 0 Å². The third-order valence-corrected chi connectivity index (χ3v) is 3.82. The van der Waals surface area contributed by atoms with E-state index in [4.69, 9.17) is 5.11 Å². The quantitative estimate of drug-likeness (QED) is 0.187. The van der Waals surface area contributed by atoms with Crippen LogP contribution in [0.5, 0.6) is 0 Å². The van der Waals surface area contributed by atoms with Gasteiger partial charge >= 0.3 is 65.7 Å². The fourth-order valence-electron chi connectivity index (χ4n) is 2.24. The van der Waals surface area contributed by atoms with E-state index in [2.05, 4.69) is 52.1 Å². The Balaban J connectivity index is -0.0000000505. The molecule has 0 amide bonds. The fourth-order valence-corrected chi connectivity index (χ4v) is 2.24. The van der Waals surface area contributed by atoms with Crippen LogP contribution >= 0.6 is 0 Å². The van der Waals surface area contributed by atoms with E-state index in [-0.39, 0.29) is 65.7 Å². The van der Waals surface area contributed by atoms with Crippen LogP contribution in [0.15, 0.2) is 0 Å². The molecule has 0 aliphatic heterocycles. The molecule has 0 saturated carbocycles. The molecular formula is C45H92O23. The Labute approximate surface area is 407 Å². The molecule has 0 bridgehead atoms. The van der Waals surface area contributed by atoms with Crippen molar-refractivity contribution in [1.29, 1.82) is 0 Å². The number of esters is 11. The molecule has 0 unspecified atom stereocenters. The van der Waals surface area contributed by atoms with Crippen LogP contribution in [-0.4, -0.2) is 151 Å². The molecule has 0 aromatic carbocycles. The SMILES string of the molecule is CCOC(C)=O.CCOC(C)=O.CCOC(C)=O.CCOC(C)=O.CCOC(C)=O.CCOC(C)=O.CCOC(C)=O.CCOC(C)=O.CCOC(C)=O.CCOC(C)=O.CCOC(C)=O.CO. The Morgan fingerprint density at radius 2 is 0.235 bits per heavy atom. The zero-order chi connectivity index (χ0) is 56.9. The molecule has 0 spiro atoms. The molecule has 0 radical (unpaired) electrons. The second kappa shape index (κ2) is 91.6. The third-order valence-electron chi connectivity index (χ3n) is 3.82. The summed E-state index contributed by atoms with van der Waals surface area (Å²) in [4.78, 5) is 108. The first-order valence-electron chi connectivity index (χ1n) is 21.4. The van der Waals surface area contributed by atoms with Gasteiger partial charge < -0.3 is 57.2 Å². The molecule has 0 saturated heterocycles. The highest BCUT2D eigenvalue weighted by molar-refractivity contribution is 5.68. The number of hydrogen-bond acceptors (Lipinski definition) is 23. The number of aliphatic hydroxyl groups is 1. The lowest BCUT2D eigenvalue weighted by molar-refractivity contribution is -0.141. The van der Waals surface area contributed by atoms with E-state index < -0.39 is 0 Å². The molecule has 0 aromatic heterocycles. The summed E-state index contributed by atoms with van der Waals surface area (Å²) in [6.07, 6.45) is 0. The predicted molar refractivity (Wildman–Crippen MR) is 254 cm³/mol. The summed E-state index contributed by atoms with van der Waals surface area (Å²) in [5, 5.41) is 7.00. The smallest absolute Gasteiger partial charge is 0.302 e. The lowest BCUT2D eigenvalue weighted by atomic mass is 10.8. The summed E-state index contributed by atoms with van der Waals surface area (Å²) in [6.45, 7) is 40.2. The molecule has 0 fully saturated rings. The lowest BCUT2D eigenvalue weighted by Gasteiger charge is -1.89. The molecular weight excluding hydrogens is 908 g/mol. The van der Waals surface area contributed by atoms with E-state index in [1.807, 2.05) is 0 Å². The first kappa shape index (κ1) is 92.4. The van der Waals surface area contributed by atoms with Gasteiger partial charge in [-0.05, 0) is 76.2 Å². The van der Waals surface area contributed by atoms with Crippen LogP contribution in [-0.2, 0) is 105 Å². The van der Waals surface area contributed by atoms with Gasteiger partial charge in [-0.1, -0.05) is 0 Å². The van der Waals surface area contributed by atoms with E-state index in [1.165, 1.54) is 76.2 Å². The van der Waals surface area contributed by atoms with Crippen molar-refractivity contribution in [3.8, 4) is 0 Å². The number of carbonyl (C=O) groups is 11. The highest BCUT2D eigenvalue weighted by atomic mass is 16.6. The molecule has 68 heavy (non-hydrogen) atoms. The summed E-state index contributed by atoms with van der Waals surface area (Å²) >= 11 is 0. The number of rotatable bonds is 11. The van der Waals surface area contributed by atoms with Gasteiger partial charge in [0.05, 0.1) is 72.7 Å². The highest BCUT2D eigenvalue weighted by Gasteiger charge is 1.86. The van der Waals surface area contributed by atoms with Crippen LogP contribution in [0.1, 0.15) is 152 Å². The number of carbonyl (C=O) groups excluding carboxylic acids is 11. The number of aliphatic hydroxyl groups excluding tert-OH is 1. The van der Waals surface area contributed by atoms with Gasteiger partial charge in [-0.3, -0.25) is 52.7 Å². The van der Waals surface area contributed by atoms with E-state index in [9.17, 15) is 52.7 Å². The summed E-state index contributed by atoms with van der Waals surface area (Å²) in [6, 6.07) is 0. The summed E-state index contributed by atoms with van der Waals surface area (Å²) in [5.41, 5.74) is 0. The summed E-state index contributed by atoms with van der Waals surface area (Å²) in [7, 11) is 1.00. The minimum Gasteiger partial charge on any atom is -0.466 e. The Morgan fingerprint density at radius 3 is 0.235 bits per heavy atom. The predicted octanol–water partition coefficient (Wildman–Crippen LogP) is 5.87. The average molecular weight is 1000 g/mol. The van der Waals surface area contributed by atoms with Crippen molar-refractivity contribution in [1.82, 2.24) is 0 Å². The van der Waals surface area contributed by atoms with E-state index in [0.29, 0.717) is 72.7 Å². The van der Waals surface area contributed by atoms with Crippen LogP contribution in [0.25, 0.3) is 0 Å². The maximum Gasteiger partial charge on any atom is 0.302 e. The Morgan fingerprint density at radius 1 is 0.191 bits per heavy atom. The minimum absolute atomic E-state index is 0.211. The Kier molecular flexibility index (Phi) is 124. The zero-order valence-electron chi connectivity index (χ0n) is 45.7. The van der Waals surface area contributed by atoms with Crippen molar-refractivity contribution in [3.05, 3.63) is 0 Å². The Bertz CT molecular complexity index is 851. The van der Waals surface area contributed by atoms with Gasteiger partial charge in [-0.15, -0.1) is 0 Å². The topological polar surface area (TPSA) is 310 Å². The van der Waals surface area contributed by atoms with Crippen molar-refractivity contribution >= 4 is 65.7 Å². The number of ether oxygens (including phenoxy) is 11. The van der Waals surface area contributed by atoms with Crippen LogP contribution in [0.3, 0.4) is 0 Å². The van der Waals surface area contributed by atoms with Crippen LogP contribution in [0.4, 0.5) is 0 Å². The molecule has 0 atom stereocenters. The van der Waals surface area contributed by atoms with Crippen molar-refractivity contribution < 1.29 is 110 Å². The minimum atomic E-state index is -0.211. The fraction of sp³-hybridized carbons (Fsp3) is 0.756. The van der Waals surface area contributed by atoms with Gasteiger partial charge in [0.15, 0.2) is 0 Å². The largest absolute Gasteiger partial charge is 0.466 e. The second-order valence-electron chi connectivity index (χ2n) is 10.2. The maximum absolute atomic E-state index is 9.82. The summed E-state index contributed by atoms with van der Waals surface area (Å²) in [5.74, 6) is -2.32. The van der Waals surface area contributed by atoms with Crippen molar-refractivity contribution in [2.24, 2.45) is 0 Å². The normalized spacial score (nSPS) is 7.53. The molecule has 23 heteroatoms. The van der Waals surface area contributed by atoms with Gasteiger partial charge in [-0.25, -0.2) is 0 Å². The molecule has 0 aromatic rings. The second-order valence-corrected chi connectivity index (χ2v) is 10.2. The molecule has 0 heterocycles. The van der Waals surface area contributed by atoms with Crippen LogP contribution in [0.2, 0.25) is 0 Å². The number of hydrogen-bond donors (Lipinski definition) is 1.